The smallest absolute Gasteiger partial charge is 0.152 e. The van der Waals surface area contributed by atoms with E-state index in [2.05, 4.69) is 20.2 Å². The number of hydrogen-bond acceptors (Lipinski definition) is 6. The Hall–Kier alpha value is -3.17. The van der Waals surface area contributed by atoms with E-state index in [0.29, 0.717) is 13.1 Å². The van der Waals surface area contributed by atoms with Crippen molar-refractivity contribution in [1.29, 1.82) is 0 Å². The van der Waals surface area contributed by atoms with E-state index >= 15 is 0 Å². The average molecular weight is 438 g/mol. The van der Waals surface area contributed by atoms with Crippen LogP contribution in [0.1, 0.15) is 0 Å². The maximum atomic E-state index is 11.6. The Labute approximate surface area is 180 Å². The minimum Gasteiger partial charge on any atom is -0.457 e. The summed E-state index contributed by atoms with van der Waals surface area (Å²) in [4.78, 5) is 2.18. The summed E-state index contributed by atoms with van der Waals surface area (Å²) >= 11 is 0. The molecule has 0 atom stereocenters. The van der Waals surface area contributed by atoms with Gasteiger partial charge in [0.05, 0.1) is 29.3 Å². The second-order valence-electron chi connectivity index (χ2n) is 7.70. The quantitative estimate of drug-likeness (QED) is 0.499. The molecule has 0 aliphatic carbocycles. The second kappa shape index (κ2) is 8.16. The van der Waals surface area contributed by atoms with Crippen LogP contribution in [0.25, 0.3) is 22.2 Å². The number of hydrogen-bond donors (Lipinski definition) is 1. The van der Waals surface area contributed by atoms with Gasteiger partial charge < -0.3 is 4.74 Å². The Kier molecular flexibility index (Phi) is 5.21. The fourth-order valence-electron chi connectivity index (χ4n) is 3.71. The van der Waals surface area contributed by atoms with Gasteiger partial charge in [-0.1, -0.05) is 0 Å². The van der Waals surface area contributed by atoms with Crippen LogP contribution in [-0.4, -0.2) is 64.4 Å². The molecule has 0 saturated carbocycles. The number of H-pyrrole nitrogens is 1. The highest BCUT2D eigenvalue weighted by Crippen LogP contribution is 2.27. The van der Waals surface area contributed by atoms with Crippen molar-refractivity contribution in [2.45, 2.75) is 6.54 Å². The predicted octanol–water partition coefficient (Wildman–Crippen LogP) is 2.95. The van der Waals surface area contributed by atoms with Crippen molar-refractivity contribution in [1.82, 2.24) is 24.9 Å². The molecule has 1 aliphatic heterocycles. The number of rotatable bonds is 6. The summed E-state index contributed by atoms with van der Waals surface area (Å²) in [6.45, 7) is 2.70. The van der Waals surface area contributed by atoms with Gasteiger partial charge in [-0.15, -0.1) is 0 Å². The van der Waals surface area contributed by atoms with Crippen LogP contribution < -0.4 is 4.74 Å². The summed E-state index contributed by atoms with van der Waals surface area (Å²) in [5.74, 6) is 2.01. The molecular weight excluding hydrogens is 414 g/mol. The zero-order chi connectivity index (χ0) is 21.3. The zero-order valence-corrected chi connectivity index (χ0v) is 17.8. The predicted molar refractivity (Wildman–Crippen MR) is 119 cm³/mol. The highest BCUT2D eigenvalue weighted by molar-refractivity contribution is 7.91. The van der Waals surface area contributed by atoms with E-state index in [9.17, 15) is 8.42 Å². The van der Waals surface area contributed by atoms with E-state index in [1.54, 1.807) is 6.20 Å². The lowest BCUT2D eigenvalue weighted by Crippen LogP contribution is -2.41. The van der Waals surface area contributed by atoms with Crippen molar-refractivity contribution in [3.63, 3.8) is 0 Å². The lowest BCUT2D eigenvalue weighted by molar-refractivity contribution is 0.278. The van der Waals surface area contributed by atoms with E-state index in [1.165, 1.54) is 0 Å². The first kappa shape index (κ1) is 19.8. The van der Waals surface area contributed by atoms with Crippen LogP contribution in [-0.2, 0) is 16.4 Å². The van der Waals surface area contributed by atoms with Gasteiger partial charge in [0.15, 0.2) is 9.84 Å². The van der Waals surface area contributed by atoms with Crippen molar-refractivity contribution in [3.8, 4) is 22.8 Å². The summed E-state index contributed by atoms with van der Waals surface area (Å²) in [5.41, 5.74) is 2.92. The van der Waals surface area contributed by atoms with E-state index in [-0.39, 0.29) is 11.5 Å². The summed E-state index contributed by atoms with van der Waals surface area (Å²) in [7, 11) is -2.85. The topological polar surface area (TPSA) is 93.1 Å². The van der Waals surface area contributed by atoms with E-state index in [1.807, 2.05) is 59.4 Å². The van der Waals surface area contributed by atoms with E-state index in [0.717, 1.165) is 46.7 Å². The molecule has 1 N–H and O–H groups in total. The Morgan fingerprint density at radius 1 is 0.968 bits per heavy atom. The first-order chi connectivity index (χ1) is 15.0. The highest BCUT2D eigenvalue weighted by Gasteiger charge is 2.21. The van der Waals surface area contributed by atoms with E-state index in [4.69, 9.17) is 4.74 Å². The van der Waals surface area contributed by atoms with Gasteiger partial charge in [-0.25, -0.2) is 8.42 Å². The highest BCUT2D eigenvalue weighted by atomic mass is 32.2. The van der Waals surface area contributed by atoms with Crippen LogP contribution in [0.5, 0.6) is 11.5 Å². The lowest BCUT2D eigenvalue weighted by Gasteiger charge is -2.26. The third kappa shape index (κ3) is 4.62. The minimum absolute atomic E-state index is 0.248. The lowest BCUT2D eigenvalue weighted by atomic mass is 10.1. The van der Waals surface area contributed by atoms with Crippen LogP contribution in [0.15, 0.2) is 60.9 Å². The van der Waals surface area contributed by atoms with E-state index < -0.39 is 9.84 Å². The number of sulfone groups is 1. The molecule has 9 heteroatoms. The van der Waals surface area contributed by atoms with Crippen LogP contribution in [0, 0.1) is 0 Å². The fraction of sp³-hybridized carbons (Fsp3) is 0.273. The van der Waals surface area contributed by atoms with Crippen LogP contribution in [0.2, 0.25) is 0 Å². The van der Waals surface area contributed by atoms with Crippen molar-refractivity contribution in [2.75, 3.05) is 31.1 Å². The monoisotopic (exact) mass is 437 g/mol. The van der Waals surface area contributed by atoms with Crippen molar-refractivity contribution in [3.05, 3.63) is 60.9 Å². The minimum atomic E-state index is -2.85. The molecule has 5 rings (SSSR count). The first-order valence-corrected chi connectivity index (χ1v) is 12.0. The molecule has 0 amide bonds. The molecule has 31 heavy (non-hydrogen) atoms. The first-order valence-electron chi connectivity index (χ1n) is 10.2. The van der Waals surface area contributed by atoms with Gasteiger partial charge in [-0.2, -0.15) is 10.2 Å². The molecule has 0 spiro atoms. The van der Waals surface area contributed by atoms with Gasteiger partial charge in [0.2, 0.25) is 0 Å². The molecule has 1 fully saturated rings. The molecule has 2 aromatic carbocycles. The third-order valence-corrected chi connectivity index (χ3v) is 7.12. The number of nitrogens with zero attached hydrogens (tertiary/aromatic N) is 4. The van der Waals surface area contributed by atoms with Crippen molar-refractivity contribution >= 4 is 20.7 Å². The van der Waals surface area contributed by atoms with Gasteiger partial charge in [-0.3, -0.25) is 14.7 Å². The number of fused-ring (bicyclic) bond motifs is 1. The largest absolute Gasteiger partial charge is 0.457 e. The normalized spacial score (nSPS) is 16.5. The van der Waals surface area contributed by atoms with Gasteiger partial charge >= 0.3 is 0 Å². The van der Waals surface area contributed by atoms with Crippen molar-refractivity contribution in [2.24, 2.45) is 0 Å². The summed E-state index contributed by atoms with van der Waals surface area (Å²) in [6, 6.07) is 15.6. The van der Waals surface area contributed by atoms with Crippen LogP contribution >= 0.6 is 0 Å². The SMILES string of the molecule is O=S1(=O)CCN(CCn2cc3cc(Oc4ccc(-c5ccn[nH]5)cc4)ccc3n2)CC1. The Morgan fingerprint density at radius 3 is 2.48 bits per heavy atom. The molecule has 3 heterocycles. The fourth-order valence-corrected chi connectivity index (χ4v) is 4.98. The van der Waals surface area contributed by atoms with Crippen molar-refractivity contribution < 1.29 is 13.2 Å². The second-order valence-corrected chi connectivity index (χ2v) is 10.0. The molecule has 0 bridgehead atoms. The molecular formula is C22H23N5O3S. The van der Waals surface area contributed by atoms with Gasteiger partial charge in [0.25, 0.3) is 0 Å². The zero-order valence-electron chi connectivity index (χ0n) is 16.9. The number of aromatic nitrogens is 4. The third-order valence-electron chi connectivity index (χ3n) is 5.51. The Bertz CT molecular complexity index is 1270. The Balaban J connectivity index is 1.23. The molecule has 2 aromatic heterocycles. The summed E-state index contributed by atoms with van der Waals surface area (Å²) in [6.07, 6.45) is 3.73. The number of nitrogens with one attached hydrogen (secondary N) is 1. The maximum Gasteiger partial charge on any atom is 0.152 e. The van der Waals surface area contributed by atoms with Gasteiger partial charge in [0.1, 0.15) is 11.5 Å². The molecule has 160 valence electrons. The standard InChI is InChI=1S/C22H23N5O3S/c28-31(29)13-11-26(12-14-31)9-10-27-16-18-15-20(5-6-22(18)25-27)30-19-3-1-17(2-4-19)21-7-8-23-24-21/h1-8,15-16H,9-14H2,(H,23,24). The van der Waals surface area contributed by atoms with Gasteiger partial charge in [0, 0.05) is 37.4 Å². The maximum absolute atomic E-state index is 11.6. The Morgan fingerprint density at radius 2 is 1.74 bits per heavy atom. The summed E-state index contributed by atoms with van der Waals surface area (Å²) in [5, 5.41) is 12.6. The average Bonchev–Trinajstić information content (AvgIpc) is 3.43. The molecule has 1 saturated heterocycles. The molecule has 0 radical (unpaired) electrons. The molecule has 8 nitrogen and oxygen atoms in total. The number of ether oxygens (including phenoxy) is 1. The number of aromatic amines is 1. The van der Waals surface area contributed by atoms with Gasteiger partial charge in [-0.05, 0) is 54.1 Å². The molecule has 4 aromatic rings. The number of benzene rings is 2. The van der Waals surface area contributed by atoms with Crippen LogP contribution in [0.3, 0.4) is 0 Å². The molecule has 1 aliphatic rings. The molecule has 0 unspecified atom stereocenters. The summed E-state index contributed by atoms with van der Waals surface area (Å²) < 4.78 is 31.1. The van der Waals surface area contributed by atoms with Crippen LogP contribution in [0.4, 0.5) is 0 Å².